The molecule has 3 rings (SSSR count). The molecule has 4 atom stereocenters. The Labute approximate surface area is 200 Å². The second-order valence-electron chi connectivity index (χ2n) is 9.79. The highest BCUT2D eigenvalue weighted by Gasteiger charge is 2.50. The van der Waals surface area contributed by atoms with E-state index in [0.29, 0.717) is 4.90 Å². The number of nitrogens with zero attached hydrogens (tertiary/aromatic N) is 5. The number of amides is 2. The van der Waals surface area contributed by atoms with Gasteiger partial charge in [0.2, 0.25) is 5.28 Å². The molecule has 2 N–H and O–H groups in total. The molecular weight excluding hydrogens is 477 g/mol. The number of aliphatic hydroxyl groups excluding tert-OH is 2. The van der Waals surface area contributed by atoms with Gasteiger partial charge in [0.05, 0.1) is 18.4 Å². The first-order valence-electron chi connectivity index (χ1n) is 10.3. The lowest BCUT2D eigenvalue weighted by Crippen LogP contribution is -2.52. The van der Waals surface area contributed by atoms with Gasteiger partial charge in [0.25, 0.3) is 0 Å². The van der Waals surface area contributed by atoms with Gasteiger partial charge in [-0.25, -0.2) is 24.5 Å². The third kappa shape index (κ3) is 5.48. The molecule has 0 saturated heterocycles. The van der Waals surface area contributed by atoms with E-state index in [9.17, 15) is 19.8 Å². The quantitative estimate of drug-likeness (QED) is 0.466. The van der Waals surface area contributed by atoms with Gasteiger partial charge in [-0.15, -0.1) is 0 Å². The number of imide groups is 1. The number of fused-ring (bicyclic) bond motifs is 1. The topological polar surface area (TPSA) is 140 Å². The Bertz CT molecular complexity index is 1040. The Morgan fingerprint density at radius 1 is 1.03 bits per heavy atom. The van der Waals surface area contributed by atoms with Crippen LogP contribution in [0.25, 0.3) is 11.2 Å². The minimum atomic E-state index is -1.50. The summed E-state index contributed by atoms with van der Waals surface area (Å²) in [6.45, 7) is 9.87. The Kier molecular flexibility index (Phi) is 6.82. The van der Waals surface area contributed by atoms with E-state index in [1.165, 1.54) is 10.9 Å². The van der Waals surface area contributed by atoms with Crippen LogP contribution < -0.4 is 0 Å². The molecule has 182 valence electrons. The summed E-state index contributed by atoms with van der Waals surface area (Å²) < 4.78 is 12.2. The zero-order chi connectivity index (χ0) is 24.9. The van der Waals surface area contributed by atoms with Gasteiger partial charge in [0.15, 0.2) is 10.8 Å². The molecule has 2 aromatic heterocycles. The van der Waals surface area contributed by atoms with Crippen LogP contribution in [0.3, 0.4) is 0 Å². The fraction of sp³-hybridized carbons (Fsp3) is 0.650. The Morgan fingerprint density at radius 2 is 1.58 bits per heavy atom. The molecule has 2 amide bonds. The third-order valence-electron chi connectivity index (χ3n) is 4.84. The molecule has 1 aliphatic rings. The second kappa shape index (κ2) is 8.86. The molecule has 0 bridgehead atoms. The van der Waals surface area contributed by atoms with Crippen LogP contribution in [0.2, 0.25) is 10.4 Å². The fourth-order valence-corrected chi connectivity index (χ4v) is 4.01. The van der Waals surface area contributed by atoms with E-state index in [0.717, 1.165) is 0 Å². The first kappa shape index (κ1) is 25.4. The summed E-state index contributed by atoms with van der Waals surface area (Å²) in [7, 11) is 0. The number of ether oxygens (including phenoxy) is 2. The Balaban J connectivity index is 1.99. The molecule has 2 heterocycles. The van der Waals surface area contributed by atoms with Crippen molar-refractivity contribution in [3.05, 3.63) is 16.8 Å². The minimum Gasteiger partial charge on any atom is -0.443 e. The van der Waals surface area contributed by atoms with Gasteiger partial charge in [-0.1, -0.05) is 11.6 Å². The SMILES string of the molecule is CC(C)(C)OC(=O)N(C(=O)OC(C)(C)C)[C@H]1C[C@@H](n2cnc3c(Cl)nc(Cl)nc32)[C@H](O)[C@@H]1O. The summed E-state index contributed by atoms with van der Waals surface area (Å²) >= 11 is 12.0. The normalized spacial score (nSPS) is 23.6. The van der Waals surface area contributed by atoms with Crippen molar-refractivity contribution >= 4 is 46.6 Å². The maximum absolute atomic E-state index is 13.0. The second-order valence-corrected chi connectivity index (χ2v) is 10.5. The van der Waals surface area contributed by atoms with Gasteiger partial charge in [-0.2, -0.15) is 4.98 Å². The summed E-state index contributed by atoms with van der Waals surface area (Å²) in [4.78, 5) is 38.7. The summed E-state index contributed by atoms with van der Waals surface area (Å²) in [5.41, 5.74) is -1.34. The van der Waals surface area contributed by atoms with Crippen LogP contribution in [0.1, 0.15) is 54.0 Å². The Morgan fingerprint density at radius 3 is 2.09 bits per heavy atom. The van der Waals surface area contributed by atoms with Gasteiger partial charge in [0.1, 0.15) is 28.9 Å². The lowest BCUT2D eigenvalue weighted by atomic mass is 10.1. The van der Waals surface area contributed by atoms with Crippen molar-refractivity contribution in [3.8, 4) is 0 Å². The van der Waals surface area contributed by atoms with Gasteiger partial charge in [0, 0.05) is 0 Å². The molecule has 11 nitrogen and oxygen atoms in total. The monoisotopic (exact) mass is 503 g/mol. The van der Waals surface area contributed by atoms with Crippen molar-refractivity contribution in [2.45, 2.75) is 83.5 Å². The van der Waals surface area contributed by atoms with Crippen molar-refractivity contribution in [3.63, 3.8) is 0 Å². The van der Waals surface area contributed by atoms with Crippen molar-refractivity contribution in [1.29, 1.82) is 0 Å². The van der Waals surface area contributed by atoms with E-state index in [4.69, 9.17) is 32.7 Å². The first-order valence-corrected chi connectivity index (χ1v) is 11.0. The van der Waals surface area contributed by atoms with Crippen LogP contribution in [0.15, 0.2) is 6.33 Å². The van der Waals surface area contributed by atoms with Crippen LogP contribution in [0.4, 0.5) is 9.59 Å². The van der Waals surface area contributed by atoms with Crippen molar-refractivity contribution in [2.24, 2.45) is 0 Å². The highest BCUT2D eigenvalue weighted by Crippen LogP contribution is 2.37. The van der Waals surface area contributed by atoms with E-state index in [1.54, 1.807) is 41.5 Å². The number of aromatic nitrogens is 4. The predicted molar refractivity (Wildman–Crippen MR) is 119 cm³/mol. The highest BCUT2D eigenvalue weighted by molar-refractivity contribution is 6.35. The smallest absolute Gasteiger partial charge is 0.420 e. The van der Waals surface area contributed by atoms with Crippen molar-refractivity contribution in [2.75, 3.05) is 0 Å². The van der Waals surface area contributed by atoms with Crippen LogP contribution in [-0.2, 0) is 9.47 Å². The minimum absolute atomic E-state index is 0.0254. The average molecular weight is 504 g/mol. The molecule has 1 fully saturated rings. The van der Waals surface area contributed by atoms with Crippen LogP contribution in [-0.4, -0.2) is 76.3 Å². The van der Waals surface area contributed by atoms with E-state index in [1.807, 2.05) is 0 Å². The lowest BCUT2D eigenvalue weighted by Gasteiger charge is -2.33. The maximum Gasteiger partial charge on any atom is 0.420 e. The molecule has 0 aromatic carbocycles. The fourth-order valence-electron chi connectivity index (χ4n) is 3.59. The molecule has 1 aliphatic carbocycles. The number of aliphatic hydroxyl groups is 2. The van der Waals surface area contributed by atoms with Gasteiger partial charge < -0.3 is 24.3 Å². The van der Waals surface area contributed by atoms with Crippen LogP contribution in [0, 0.1) is 0 Å². The molecule has 0 aliphatic heterocycles. The molecule has 0 spiro atoms. The largest absolute Gasteiger partial charge is 0.443 e. The van der Waals surface area contributed by atoms with E-state index in [-0.39, 0.29) is 28.0 Å². The molecule has 33 heavy (non-hydrogen) atoms. The van der Waals surface area contributed by atoms with E-state index in [2.05, 4.69) is 15.0 Å². The highest BCUT2D eigenvalue weighted by atomic mass is 35.5. The number of carbonyl (C=O) groups excluding carboxylic acids is 2. The molecule has 13 heteroatoms. The molecular formula is C20H27Cl2N5O6. The number of carbonyl (C=O) groups is 2. The van der Waals surface area contributed by atoms with Crippen LogP contribution in [0.5, 0.6) is 0 Å². The van der Waals surface area contributed by atoms with Gasteiger partial charge >= 0.3 is 12.2 Å². The standard InChI is InChI=1S/C20H27Cl2N5O6/c1-19(2,3)32-17(30)27(18(31)33-20(4,5)6)10-7-9(12(28)13(10)29)26-8-23-11-14(21)24-16(22)25-15(11)26/h8-10,12-13,28-29H,7H2,1-6H3/t9-,10+,12+,13-/m1/s1. The van der Waals surface area contributed by atoms with Crippen LogP contribution >= 0.6 is 23.2 Å². The lowest BCUT2D eigenvalue weighted by molar-refractivity contribution is -0.0349. The number of rotatable bonds is 2. The maximum atomic E-state index is 13.0. The summed E-state index contributed by atoms with van der Waals surface area (Å²) in [6.07, 6.45) is -3.55. The molecule has 2 aromatic rings. The third-order valence-corrected chi connectivity index (χ3v) is 5.27. The van der Waals surface area contributed by atoms with Crippen molar-refractivity contribution < 1.29 is 29.3 Å². The van der Waals surface area contributed by atoms with Crippen molar-refractivity contribution in [1.82, 2.24) is 24.4 Å². The summed E-state index contributed by atoms with van der Waals surface area (Å²) in [6, 6.07) is -1.97. The van der Waals surface area contributed by atoms with E-state index < -0.39 is 47.7 Å². The molecule has 1 saturated carbocycles. The molecule has 0 radical (unpaired) electrons. The number of hydrogen-bond acceptors (Lipinski definition) is 9. The predicted octanol–water partition coefficient (Wildman–Crippen LogP) is 3.34. The van der Waals surface area contributed by atoms with Gasteiger partial charge in [-0.05, 0) is 59.6 Å². The number of imidazole rings is 1. The molecule has 0 unspecified atom stereocenters. The zero-order valence-electron chi connectivity index (χ0n) is 19.1. The Hall–Kier alpha value is -2.21. The average Bonchev–Trinajstić information content (AvgIpc) is 3.15. The summed E-state index contributed by atoms with van der Waals surface area (Å²) in [5.74, 6) is 0. The zero-order valence-corrected chi connectivity index (χ0v) is 20.6. The first-order chi connectivity index (χ1) is 15.1. The van der Waals surface area contributed by atoms with E-state index >= 15 is 0 Å². The number of hydrogen-bond donors (Lipinski definition) is 2. The summed E-state index contributed by atoms with van der Waals surface area (Å²) in [5, 5.41) is 21.6. The van der Waals surface area contributed by atoms with Gasteiger partial charge in [-0.3, -0.25) is 0 Å². The number of halogens is 2.